The predicted molar refractivity (Wildman–Crippen MR) is 88.2 cm³/mol. The molecule has 4 heteroatoms. The number of H-pyrrole nitrogens is 1. The van der Waals surface area contributed by atoms with Crippen molar-refractivity contribution in [2.75, 3.05) is 5.73 Å². The maximum atomic E-state index is 12.0. The third-order valence-electron chi connectivity index (χ3n) is 3.28. The Labute approximate surface area is 128 Å². The van der Waals surface area contributed by atoms with Crippen LogP contribution in [-0.4, -0.2) is 16.0 Å². The fraction of sp³-hybridized carbons (Fsp3) is 0. The number of hydrogen-bond donors (Lipinski definition) is 2. The fourth-order valence-electron chi connectivity index (χ4n) is 2.09. The van der Waals surface area contributed by atoms with E-state index in [-0.39, 0.29) is 5.78 Å². The van der Waals surface area contributed by atoms with Crippen LogP contribution in [0.4, 0.5) is 5.69 Å². The summed E-state index contributed by atoms with van der Waals surface area (Å²) in [6.07, 6.45) is 3.24. The van der Waals surface area contributed by atoms with Crippen LogP contribution in [0.2, 0.25) is 0 Å². The first-order valence-electron chi connectivity index (χ1n) is 6.91. The van der Waals surface area contributed by atoms with Crippen LogP contribution < -0.4 is 5.73 Å². The number of aromatic amines is 1. The third-order valence-corrected chi connectivity index (χ3v) is 3.28. The Balaban J connectivity index is 1.75. The van der Waals surface area contributed by atoms with Gasteiger partial charge in [-0.15, -0.1) is 0 Å². The first-order chi connectivity index (χ1) is 10.7. The van der Waals surface area contributed by atoms with Gasteiger partial charge >= 0.3 is 0 Å². The number of anilines is 1. The van der Waals surface area contributed by atoms with Gasteiger partial charge in [-0.1, -0.05) is 30.3 Å². The van der Waals surface area contributed by atoms with Crippen LogP contribution in [0.5, 0.6) is 0 Å². The average Bonchev–Trinajstić information content (AvgIpc) is 3.03. The maximum Gasteiger partial charge on any atom is 0.185 e. The first kappa shape index (κ1) is 13.8. The molecule has 0 bridgehead atoms. The molecule has 1 heterocycles. The van der Waals surface area contributed by atoms with Gasteiger partial charge in [-0.2, -0.15) is 5.10 Å². The third kappa shape index (κ3) is 3.12. The Morgan fingerprint density at radius 2 is 1.77 bits per heavy atom. The molecular weight excluding hydrogens is 274 g/mol. The van der Waals surface area contributed by atoms with E-state index in [0.717, 1.165) is 17.0 Å². The van der Waals surface area contributed by atoms with Gasteiger partial charge in [0.25, 0.3) is 0 Å². The molecular formula is C18H15N3O. The summed E-state index contributed by atoms with van der Waals surface area (Å²) in [5.41, 5.74) is 9.51. The zero-order valence-electron chi connectivity index (χ0n) is 11.9. The van der Waals surface area contributed by atoms with E-state index in [1.807, 2.05) is 36.4 Å². The Bertz CT molecular complexity index is 802. The molecule has 3 N–H and O–H groups in total. The number of carbonyl (C=O) groups is 1. The number of hydrogen-bond acceptors (Lipinski definition) is 3. The number of aromatic nitrogens is 2. The van der Waals surface area contributed by atoms with E-state index in [1.165, 1.54) is 6.08 Å². The van der Waals surface area contributed by atoms with Gasteiger partial charge in [-0.25, -0.2) is 0 Å². The molecule has 0 atom stereocenters. The molecule has 4 nitrogen and oxygen atoms in total. The van der Waals surface area contributed by atoms with E-state index < -0.39 is 0 Å². The van der Waals surface area contributed by atoms with Crippen molar-refractivity contribution in [3.8, 4) is 11.3 Å². The molecule has 3 rings (SSSR count). The van der Waals surface area contributed by atoms with Crippen molar-refractivity contribution in [1.29, 1.82) is 0 Å². The molecule has 0 radical (unpaired) electrons. The first-order valence-corrected chi connectivity index (χ1v) is 6.91. The molecule has 0 aliphatic carbocycles. The molecule has 0 fully saturated rings. The summed E-state index contributed by atoms with van der Waals surface area (Å²) in [4.78, 5) is 12.0. The number of nitrogen functional groups attached to an aromatic ring is 1. The van der Waals surface area contributed by atoms with Crippen LogP contribution in [0.15, 0.2) is 66.7 Å². The summed E-state index contributed by atoms with van der Waals surface area (Å²) < 4.78 is 0. The van der Waals surface area contributed by atoms with Crippen LogP contribution in [0.25, 0.3) is 17.3 Å². The molecule has 0 unspecified atom stereocenters. The minimum absolute atomic E-state index is 0.0733. The van der Waals surface area contributed by atoms with Gasteiger partial charge in [0.05, 0.1) is 11.4 Å². The zero-order valence-corrected chi connectivity index (χ0v) is 11.9. The number of rotatable bonds is 4. The number of benzene rings is 2. The largest absolute Gasteiger partial charge is 0.399 e. The fourth-order valence-corrected chi connectivity index (χ4v) is 2.09. The highest BCUT2D eigenvalue weighted by molar-refractivity contribution is 6.06. The summed E-state index contributed by atoms with van der Waals surface area (Å²) in [6, 6.07) is 18.6. The summed E-state index contributed by atoms with van der Waals surface area (Å²) in [6.45, 7) is 0. The van der Waals surface area contributed by atoms with Crippen molar-refractivity contribution in [3.05, 3.63) is 78.0 Å². The Morgan fingerprint density at radius 1 is 1.05 bits per heavy atom. The normalized spacial score (nSPS) is 10.9. The molecule has 108 valence electrons. The number of nitrogens with two attached hydrogens (primary N) is 1. The Kier molecular flexibility index (Phi) is 3.83. The lowest BCUT2D eigenvalue weighted by atomic mass is 10.1. The minimum atomic E-state index is -0.0733. The van der Waals surface area contributed by atoms with Crippen molar-refractivity contribution >= 4 is 17.5 Å². The van der Waals surface area contributed by atoms with Gasteiger partial charge in [0.2, 0.25) is 0 Å². The smallest absolute Gasteiger partial charge is 0.185 e. The molecule has 1 aromatic heterocycles. The molecule has 0 aliphatic rings. The lowest BCUT2D eigenvalue weighted by Gasteiger charge is -1.96. The van der Waals surface area contributed by atoms with Crippen LogP contribution in [0.1, 0.15) is 16.1 Å². The number of nitrogens with zero attached hydrogens (tertiary/aromatic N) is 1. The van der Waals surface area contributed by atoms with Crippen molar-refractivity contribution < 1.29 is 4.79 Å². The molecule has 0 amide bonds. The van der Waals surface area contributed by atoms with Gasteiger partial charge in [-0.05, 0) is 42.5 Å². The van der Waals surface area contributed by atoms with Crippen LogP contribution in [-0.2, 0) is 0 Å². The molecule has 2 aromatic carbocycles. The Morgan fingerprint density at radius 3 is 2.50 bits per heavy atom. The second-order valence-corrected chi connectivity index (χ2v) is 4.89. The monoisotopic (exact) mass is 289 g/mol. The van der Waals surface area contributed by atoms with Crippen molar-refractivity contribution in [2.24, 2.45) is 0 Å². The summed E-state index contributed by atoms with van der Waals surface area (Å²) >= 11 is 0. The minimum Gasteiger partial charge on any atom is -0.399 e. The van der Waals surface area contributed by atoms with E-state index >= 15 is 0 Å². The van der Waals surface area contributed by atoms with Gasteiger partial charge in [-0.3, -0.25) is 9.89 Å². The number of ketones is 1. The highest BCUT2D eigenvalue weighted by Gasteiger charge is 2.03. The highest BCUT2D eigenvalue weighted by Crippen LogP contribution is 2.17. The standard InChI is InChI=1S/C18H15N3O/c19-15-8-6-14(7-9-15)18(22)11-10-16-12-17(21-20-16)13-4-2-1-3-5-13/h1-12H,19H2,(H,20,21). The summed E-state index contributed by atoms with van der Waals surface area (Å²) in [7, 11) is 0. The number of allylic oxidation sites excluding steroid dienone is 1. The summed E-state index contributed by atoms with van der Waals surface area (Å²) in [5.74, 6) is -0.0733. The lowest BCUT2D eigenvalue weighted by molar-refractivity contribution is 0.104. The predicted octanol–water partition coefficient (Wildman–Crippen LogP) is 3.56. The van der Waals surface area contributed by atoms with Gasteiger partial charge in [0, 0.05) is 16.8 Å². The SMILES string of the molecule is Nc1ccc(C(=O)C=Cc2cc(-c3ccccc3)n[nH]2)cc1. The second kappa shape index (κ2) is 6.10. The van der Waals surface area contributed by atoms with E-state index in [1.54, 1.807) is 30.3 Å². The lowest BCUT2D eigenvalue weighted by Crippen LogP contribution is -1.94. The van der Waals surface area contributed by atoms with E-state index in [0.29, 0.717) is 11.3 Å². The number of carbonyl (C=O) groups excluding carboxylic acids is 1. The maximum absolute atomic E-state index is 12.0. The Hall–Kier alpha value is -3.14. The molecule has 0 aliphatic heterocycles. The van der Waals surface area contributed by atoms with Crippen molar-refractivity contribution in [2.45, 2.75) is 0 Å². The highest BCUT2D eigenvalue weighted by atomic mass is 16.1. The van der Waals surface area contributed by atoms with Gasteiger partial charge in [0.15, 0.2) is 5.78 Å². The average molecular weight is 289 g/mol. The number of nitrogens with one attached hydrogen (secondary N) is 1. The van der Waals surface area contributed by atoms with Gasteiger partial charge < -0.3 is 5.73 Å². The molecule has 0 spiro atoms. The molecule has 22 heavy (non-hydrogen) atoms. The molecule has 3 aromatic rings. The van der Waals surface area contributed by atoms with E-state index in [2.05, 4.69) is 10.2 Å². The van der Waals surface area contributed by atoms with Crippen molar-refractivity contribution in [3.63, 3.8) is 0 Å². The zero-order chi connectivity index (χ0) is 15.4. The van der Waals surface area contributed by atoms with E-state index in [9.17, 15) is 4.79 Å². The quantitative estimate of drug-likeness (QED) is 0.438. The van der Waals surface area contributed by atoms with E-state index in [4.69, 9.17) is 5.73 Å². The van der Waals surface area contributed by atoms with Crippen LogP contribution in [0.3, 0.4) is 0 Å². The summed E-state index contributed by atoms with van der Waals surface area (Å²) in [5, 5.41) is 7.16. The second-order valence-electron chi connectivity index (χ2n) is 4.89. The molecule has 0 saturated heterocycles. The van der Waals surface area contributed by atoms with Crippen LogP contribution in [0, 0.1) is 0 Å². The topological polar surface area (TPSA) is 71.8 Å². The molecule has 0 saturated carbocycles. The van der Waals surface area contributed by atoms with Crippen LogP contribution >= 0.6 is 0 Å². The van der Waals surface area contributed by atoms with Crippen molar-refractivity contribution in [1.82, 2.24) is 10.2 Å². The van der Waals surface area contributed by atoms with Gasteiger partial charge in [0.1, 0.15) is 0 Å².